The number of nitrogens with one attached hydrogen (secondary N) is 1. The van der Waals surface area contributed by atoms with Crippen LogP contribution in [0.3, 0.4) is 0 Å². The predicted octanol–water partition coefficient (Wildman–Crippen LogP) is 6.91. The standard InChI is InChI=1S/C28H28Cl2N4O3/c1-5-37-25-9-7-6-8-22(25)28-33(20-12-10-19(11-13-20)31-27(36)17(2)3)26(18(4)35)32-34(28)21-14-15-23(29)24(30)16-21/h6-17,28H,5H2,1-4H3,(H,31,36)/t28-/m1/s1. The van der Waals surface area contributed by atoms with Crippen LogP contribution in [0.2, 0.25) is 10.0 Å². The highest BCUT2D eigenvalue weighted by Gasteiger charge is 2.40. The molecule has 3 aromatic rings. The quantitative estimate of drug-likeness (QED) is 0.337. The summed E-state index contributed by atoms with van der Waals surface area (Å²) in [6, 6.07) is 20.2. The van der Waals surface area contributed by atoms with E-state index in [2.05, 4.69) is 5.32 Å². The first kappa shape index (κ1) is 26.5. The number of ether oxygens (including phenoxy) is 1. The molecular formula is C28H28Cl2N4O3. The number of ketones is 1. The number of anilines is 3. The van der Waals surface area contributed by atoms with E-state index in [0.717, 1.165) is 11.3 Å². The second-order valence-electron chi connectivity index (χ2n) is 8.83. The van der Waals surface area contributed by atoms with Gasteiger partial charge in [0.1, 0.15) is 5.75 Å². The average Bonchev–Trinajstić information content (AvgIpc) is 3.27. The van der Waals surface area contributed by atoms with Gasteiger partial charge in [0.2, 0.25) is 5.91 Å². The Balaban J connectivity index is 1.85. The monoisotopic (exact) mass is 538 g/mol. The molecule has 0 saturated heterocycles. The number of carbonyl (C=O) groups is 2. The van der Waals surface area contributed by atoms with E-state index >= 15 is 0 Å². The first-order valence-electron chi connectivity index (χ1n) is 12.0. The van der Waals surface area contributed by atoms with Gasteiger partial charge in [-0.15, -0.1) is 5.10 Å². The fourth-order valence-corrected chi connectivity index (χ4v) is 4.30. The van der Waals surface area contributed by atoms with Crippen LogP contribution in [0.5, 0.6) is 5.75 Å². The van der Waals surface area contributed by atoms with Gasteiger partial charge < -0.3 is 10.1 Å². The lowest BCUT2D eigenvalue weighted by Crippen LogP contribution is -2.38. The van der Waals surface area contributed by atoms with Gasteiger partial charge in [-0.1, -0.05) is 55.2 Å². The molecule has 1 amide bonds. The number of rotatable bonds is 8. The minimum atomic E-state index is -0.560. The van der Waals surface area contributed by atoms with Crippen LogP contribution in [0.1, 0.15) is 39.4 Å². The van der Waals surface area contributed by atoms with Crippen LogP contribution in [-0.2, 0) is 9.59 Å². The third-order valence-corrected chi connectivity index (χ3v) is 6.56. The van der Waals surface area contributed by atoms with E-state index in [1.807, 2.05) is 62.1 Å². The molecule has 1 atom stereocenters. The lowest BCUT2D eigenvalue weighted by molar-refractivity contribution is -0.119. The van der Waals surface area contributed by atoms with Crippen LogP contribution in [0.4, 0.5) is 17.1 Å². The molecule has 0 fully saturated rings. The molecule has 1 aliphatic heterocycles. The van der Waals surface area contributed by atoms with Crippen LogP contribution in [-0.4, -0.2) is 24.1 Å². The van der Waals surface area contributed by atoms with Crippen LogP contribution >= 0.6 is 23.2 Å². The summed E-state index contributed by atoms with van der Waals surface area (Å²) in [6.45, 7) is 7.54. The topological polar surface area (TPSA) is 74.2 Å². The minimum Gasteiger partial charge on any atom is -0.493 e. The molecule has 9 heteroatoms. The van der Waals surface area contributed by atoms with Crippen LogP contribution in [0.15, 0.2) is 71.8 Å². The summed E-state index contributed by atoms with van der Waals surface area (Å²) < 4.78 is 5.96. The van der Waals surface area contributed by atoms with Gasteiger partial charge in [-0.3, -0.25) is 14.5 Å². The Morgan fingerprint density at radius 3 is 2.30 bits per heavy atom. The second-order valence-corrected chi connectivity index (χ2v) is 9.64. The summed E-state index contributed by atoms with van der Waals surface area (Å²) in [5.41, 5.74) is 2.85. The maximum atomic E-state index is 12.9. The lowest BCUT2D eigenvalue weighted by atomic mass is 10.1. The normalized spacial score (nSPS) is 15.1. The molecule has 4 rings (SSSR count). The number of amidine groups is 1. The number of benzene rings is 3. The number of hydrogen-bond acceptors (Lipinski definition) is 6. The first-order chi connectivity index (χ1) is 17.7. The highest BCUT2D eigenvalue weighted by molar-refractivity contribution is 6.44. The van der Waals surface area contributed by atoms with E-state index in [1.54, 1.807) is 35.3 Å². The SMILES string of the molecule is CCOc1ccccc1[C@H]1N(c2ccc(Cl)c(Cl)c2)N=C(C(C)=O)N1c1ccc(NC(=O)C(C)C)cc1. The number of amides is 1. The number of Topliss-reactive ketones (excluding diaryl/α,β-unsaturated/α-hetero) is 1. The van der Waals surface area contributed by atoms with E-state index in [1.165, 1.54) is 6.92 Å². The van der Waals surface area contributed by atoms with Gasteiger partial charge in [-0.25, -0.2) is 5.01 Å². The summed E-state index contributed by atoms with van der Waals surface area (Å²) >= 11 is 12.5. The molecule has 192 valence electrons. The Morgan fingerprint density at radius 2 is 1.68 bits per heavy atom. The number of para-hydroxylation sites is 1. The molecule has 0 aliphatic carbocycles. The van der Waals surface area contributed by atoms with Gasteiger partial charge >= 0.3 is 0 Å². The Hall–Kier alpha value is -3.55. The fourth-order valence-electron chi connectivity index (χ4n) is 4.00. The summed E-state index contributed by atoms with van der Waals surface area (Å²) in [5, 5.41) is 10.2. The van der Waals surface area contributed by atoms with Gasteiger partial charge in [-0.05, 0) is 55.5 Å². The molecule has 0 aromatic heterocycles. The summed E-state index contributed by atoms with van der Waals surface area (Å²) in [7, 11) is 0. The van der Waals surface area contributed by atoms with Gasteiger partial charge in [0.25, 0.3) is 0 Å². The van der Waals surface area contributed by atoms with Crippen molar-refractivity contribution in [2.75, 3.05) is 21.8 Å². The minimum absolute atomic E-state index is 0.0748. The average molecular weight is 539 g/mol. The summed E-state index contributed by atoms with van der Waals surface area (Å²) in [5.74, 6) is 0.494. The van der Waals surface area contributed by atoms with Crippen molar-refractivity contribution in [3.8, 4) is 5.75 Å². The number of halogens is 2. The van der Waals surface area contributed by atoms with Crippen LogP contribution < -0.4 is 20.0 Å². The zero-order chi connectivity index (χ0) is 26.7. The third kappa shape index (κ3) is 5.58. The largest absolute Gasteiger partial charge is 0.493 e. The van der Waals surface area contributed by atoms with Crippen LogP contribution in [0, 0.1) is 5.92 Å². The highest BCUT2D eigenvalue weighted by atomic mass is 35.5. The molecule has 3 aromatic carbocycles. The Labute approximate surface area is 226 Å². The third-order valence-electron chi connectivity index (χ3n) is 5.82. The lowest BCUT2D eigenvalue weighted by Gasteiger charge is -2.33. The molecular weight excluding hydrogens is 511 g/mol. The number of hydrazone groups is 1. The van der Waals surface area contributed by atoms with Crippen LogP contribution in [0.25, 0.3) is 0 Å². The van der Waals surface area contributed by atoms with Crippen molar-refractivity contribution in [1.29, 1.82) is 0 Å². The van der Waals surface area contributed by atoms with E-state index in [4.69, 9.17) is 33.0 Å². The van der Waals surface area contributed by atoms with Crippen molar-refractivity contribution < 1.29 is 14.3 Å². The van der Waals surface area contributed by atoms with Gasteiger partial charge in [0.15, 0.2) is 17.8 Å². The molecule has 0 saturated carbocycles. The van der Waals surface area contributed by atoms with Gasteiger partial charge in [0.05, 0.1) is 22.3 Å². The number of carbonyl (C=O) groups excluding carboxylic acids is 2. The highest BCUT2D eigenvalue weighted by Crippen LogP contribution is 2.43. The maximum Gasteiger partial charge on any atom is 0.226 e. The van der Waals surface area contributed by atoms with Crippen molar-refractivity contribution in [3.05, 3.63) is 82.3 Å². The van der Waals surface area contributed by atoms with E-state index in [-0.39, 0.29) is 23.4 Å². The molecule has 1 heterocycles. The van der Waals surface area contributed by atoms with Crippen molar-refractivity contribution in [1.82, 2.24) is 0 Å². The molecule has 0 bridgehead atoms. The molecule has 7 nitrogen and oxygen atoms in total. The molecule has 0 unspecified atom stereocenters. The zero-order valence-corrected chi connectivity index (χ0v) is 22.5. The Bertz CT molecular complexity index is 1340. The van der Waals surface area contributed by atoms with Crippen molar-refractivity contribution >= 4 is 57.8 Å². The molecule has 0 spiro atoms. The summed E-state index contributed by atoms with van der Waals surface area (Å²) in [4.78, 5) is 26.9. The maximum absolute atomic E-state index is 12.9. The van der Waals surface area contributed by atoms with E-state index in [0.29, 0.717) is 33.8 Å². The smallest absolute Gasteiger partial charge is 0.226 e. The number of nitrogens with zero attached hydrogens (tertiary/aromatic N) is 3. The van der Waals surface area contributed by atoms with Gasteiger partial charge in [0, 0.05) is 29.8 Å². The van der Waals surface area contributed by atoms with E-state index < -0.39 is 6.17 Å². The van der Waals surface area contributed by atoms with Crippen molar-refractivity contribution in [2.24, 2.45) is 11.0 Å². The predicted molar refractivity (Wildman–Crippen MR) is 150 cm³/mol. The van der Waals surface area contributed by atoms with Crippen molar-refractivity contribution in [3.63, 3.8) is 0 Å². The molecule has 1 aliphatic rings. The first-order valence-corrected chi connectivity index (χ1v) is 12.7. The van der Waals surface area contributed by atoms with Gasteiger partial charge in [-0.2, -0.15) is 0 Å². The summed E-state index contributed by atoms with van der Waals surface area (Å²) in [6.07, 6.45) is -0.560. The zero-order valence-electron chi connectivity index (χ0n) is 21.0. The van der Waals surface area contributed by atoms with E-state index in [9.17, 15) is 9.59 Å². The molecule has 37 heavy (non-hydrogen) atoms. The Kier molecular flexibility index (Phi) is 8.05. The molecule has 1 N–H and O–H groups in total. The van der Waals surface area contributed by atoms with Crippen molar-refractivity contribution in [2.45, 2.75) is 33.9 Å². The fraction of sp³-hybridized carbons (Fsp3) is 0.250. The second kappa shape index (κ2) is 11.2. The molecule has 0 radical (unpaired) electrons. The Morgan fingerprint density at radius 1 is 1.00 bits per heavy atom. The number of hydrogen-bond donors (Lipinski definition) is 1.